The van der Waals surface area contributed by atoms with Crippen LogP contribution in [0.15, 0.2) is 0 Å². The molecular formula is C6H12OS. The van der Waals surface area contributed by atoms with Crippen LogP contribution >= 0.6 is 11.8 Å². The smallest absolute Gasteiger partial charge is 0.0550 e. The molecule has 0 spiro atoms. The number of rotatable bonds is 1. The van der Waals surface area contributed by atoms with Gasteiger partial charge in [-0.3, -0.25) is 0 Å². The molecule has 1 rings (SSSR count). The van der Waals surface area contributed by atoms with E-state index in [1.165, 1.54) is 12.8 Å². The van der Waals surface area contributed by atoms with E-state index in [0.29, 0.717) is 11.9 Å². The molecule has 0 aromatic heterocycles. The third-order valence-electron chi connectivity index (χ3n) is 1.52. The molecule has 0 aromatic carbocycles. The van der Waals surface area contributed by atoms with Crippen molar-refractivity contribution in [3.63, 3.8) is 0 Å². The second-order valence-corrected chi connectivity index (χ2v) is 4.07. The minimum atomic E-state index is 0.370. The fourth-order valence-corrected chi connectivity index (χ4v) is 2.31. The van der Waals surface area contributed by atoms with Crippen molar-refractivity contribution >= 4 is 11.8 Å². The molecule has 0 unspecified atom stereocenters. The summed E-state index contributed by atoms with van der Waals surface area (Å²) in [6.07, 6.45) is 2.50. The van der Waals surface area contributed by atoms with Crippen molar-refractivity contribution in [2.75, 3.05) is 6.61 Å². The monoisotopic (exact) mass is 132 g/mol. The van der Waals surface area contributed by atoms with Crippen molar-refractivity contribution in [3.8, 4) is 0 Å². The maximum atomic E-state index is 8.66. The van der Waals surface area contributed by atoms with E-state index in [1.807, 2.05) is 11.8 Å². The Kier molecular flexibility index (Phi) is 2.20. The number of hydrogen-bond acceptors (Lipinski definition) is 2. The van der Waals surface area contributed by atoms with E-state index in [4.69, 9.17) is 5.11 Å². The molecule has 1 aliphatic rings. The maximum absolute atomic E-state index is 8.66. The zero-order valence-electron chi connectivity index (χ0n) is 5.13. The predicted octanol–water partition coefficient (Wildman–Crippen LogP) is 1.26. The highest BCUT2D eigenvalue weighted by molar-refractivity contribution is 8.00. The molecule has 0 aliphatic carbocycles. The van der Waals surface area contributed by atoms with Gasteiger partial charge in [0.2, 0.25) is 0 Å². The lowest BCUT2D eigenvalue weighted by molar-refractivity contribution is 0.292. The Balaban J connectivity index is 2.22. The van der Waals surface area contributed by atoms with Gasteiger partial charge in [-0.2, -0.15) is 11.8 Å². The minimum Gasteiger partial charge on any atom is -0.395 e. The zero-order chi connectivity index (χ0) is 5.98. The van der Waals surface area contributed by atoms with Gasteiger partial charge in [0.25, 0.3) is 0 Å². The molecule has 1 nitrogen and oxygen atoms in total. The van der Waals surface area contributed by atoms with E-state index < -0.39 is 0 Å². The first-order valence-corrected chi connectivity index (χ1v) is 4.03. The minimum absolute atomic E-state index is 0.370. The molecule has 0 radical (unpaired) electrons. The van der Waals surface area contributed by atoms with Gasteiger partial charge in [-0.1, -0.05) is 6.92 Å². The van der Waals surface area contributed by atoms with Crippen molar-refractivity contribution < 1.29 is 5.11 Å². The van der Waals surface area contributed by atoms with E-state index in [1.54, 1.807) is 0 Å². The first-order chi connectivity index (χ1) is 3.83. The van der Waals surface area contributed by atoms with E-state index >= 15 is 0 Å². The van der Waals surface area contributed by atoms with Crippen LogP contribution in [-0.4, -0.2) is 22.2 Å². The van der Waals surface area contributed by atoms with Crippen LogP contribution in [0.1, 0.15) is 19.8 Å². The summed E-state index contributed by atoms with van der Waals surface area (Å²) in [5, 5.41) is 9.99. The maximum Gasteiger partial charge on any atom is 0.0550 e. The van der Waals surface area contributed by atoms with Crippen LogP contribution in [0, 0.1) is 0 Å². The largest absolute Gasteiger partial charge is 0.395 e. The number of aliphatic hydroxyl groups is 1. The third-order valence-corrected chi connectivity index (χ3v) is 2.99. The molecule has 2 heteroatoms. The Morgan fingerprint density at radius 2 is 2.38 bits per heavy atom. The first kappa shape index (κ1) is 6.43. The number of aliphatic hydroxyl groups excluding tert-OH is 1. The fourth-order valence-electron chi connectivity index (χ4n) is 1.02. The molecule has 1 fully saturated rings. The van der Waals surface area contributed by atoms with Crippen molar-refractivity contribution in [1.82, 2.24) is 0 Å². The summed E-state index contributed by atoms with van der Waals surface area (Å²) in [5.74, 6) is 0. The van der Waals surface area contributed by atoms with Crippen LogP contribution in [0.5, 0.6) is 0 Å². The lowest BCUT2D eigenvalue weighted by Gasteiger charge is -2.01. The summed E-state index contributed by atoms with van der Waals surface area (Å²) in [7, 11) is 0. The second kappa shape index (κ2) is 2.74. The fraction of sp³-hybridized carbons (Fsp3) is 1.00. The molecule has 1 N–H and O–H groups in total. The Labute approximate surface area is 54.5 Å². The van der Waals surface area contributed by atoms with Crippen LogP contribution in [0.2, 0.25) is 0 Å². The molecule has 0 saturated carbocycles. The molecule has 1 saturated heterocycles. The van der Waals surface area contributed by atoms with Crippen LogP contribution in [0.4, 0.5) is 0 Å². The normalized spacial score (nSPS) is 38.2. The Morgan fingerprint density at radius 1 is 1.62 bits per heavy atom. The van der Waals surface area contributed by atoms with Crippen molar-refractivity contribution in [3.05, 3.63) is 0 Å². The Morgan fingerprint density at radius 3 is 2.62 bits per heavy atom. The molecule has 0 aromatic rings. The van der Waals surface area contributed by atoms with Gasteiger partial charge in [-0.05, 0) is 12.8 Å². The summed E-state index contributed by atoms with van der Waals surface area (Å²) >= 11 is 1.92. The SMILES string of the molecule is C[C@H]1CC[C@@H](CO)S1. The second-order valence-electron chi connectivity index (χ2n) is 2.33. The highest BCUT2D eigenvalue weighted by Gasteiger charge is 2.20. The van der Waals surface area contributed by atoms with Crippen molar-refractivity contribution in [2.45, 2.75) is 30.3 Å². The van der Waals surface area contributed by atoms with E-state index in [9.17, 15) is 0 Å². The molecule has 1 aliphatic heterocycles. The topological polar surface area (TPSA) is 20.2 Å². The average molecular weight is 132 g/mol. The highest BCUT2D eigenvalue weighted by Crippen LogP contribution is 2.32. The standard InChI is InChI=1S/C6H12OS/c1-5-2-3-6(4-7)8-5/h5-7H,2-4H2,1H3/t5-,6-/m0/s1. The summed E-state index contributed by atoms with van der Waals surface area (Å²) in [5.41, 5.74) is 0. The van der Waals surface area contributed by atoms with Crippen LogP contribution < -0.4 is 0 Å². The van der Waals surface area contributed by atoms with Gasteiger partial charge in [0.1, 0.15) is 0 Å². The molecule has 0 bridgehead atoms. The summed E-state index contributed by atoms with van der Waals surface area (Å²) in [6.45, 7) is 2.59. The van der Waals surface area contributed by atoms with Gasteiger partial charge < -0.3 is 5.11 Å². The quantitative estimate of drug-likeness (QED) is 0.579. The van der Waals surface area contributed by atoms with Gasteiger partial charge >= 0.3 is 0 Å². The van der Waals surface area contributed by atoms with Crippen LogP contribution in [-0.2, 0) is 0 Å². The van der Waals surface area contributed by atoms with Gasteiger partial charge in [-0.15, -0.1) is 0 Å². The van der Waals surface area contributed by atoms with Crippen LogP contribution in [0.25, 0.3) is 0 Å². The zero-order valence-corrected chi connectivity index (χ0v) is 5.95. The van der Waals surface area contributed by atoms with Crippen molar-refractivity contribution in [1.29, 1.82) is 0 Å². The number of hydrogen-bond donors (Lipinski definition) is 1. The van der Waals surface area contributed by atoms with Crippen LogP contribution in [0.3, 0.4) is 0 Å². The van der Waals surface area contributed by atoms with Gasteiger partial charge in [0.15, 0.2) is 0 Å². The average Bonchev–Trinajstić information content (AvgIpc) is 2.14. The molecule has 8 heavy (non-hydrogen) atoms. The van der Waals surface area contributed by atoms with Gasteiger partial charge in [-0.25, -0.2) is 0 Å². The molecule has 2 atom stereocenters. The summed E-state index contributed by atoms with van der Waals surface area (Å²) in [4.78, 5) is 0. The van der Waals surface area contributed by atoms with Gasteiger partial charge in [0, 0.05) is 10.5 Å². The molecule has 0 amide bonds. The highest BCUT2D eigenvalue weighted by atomic mass is 32.2. The number of thioether (sulfide) groups is 1. The Hall–Kier alpha value is 0.310. The predicted molar refractivity (Wildman–Crippen MR) is 37.2 cm³/mol. The first-order valence-electron chi connectivity index (χ1n) is 3.09. The molecule has 48 valence electrons. The van der Waals surface area contributed by atoms with E-state index in [2.05, 4.69) is 6.92 Å². The van der Waals surface area contributed by atoms with Crippen molar-refractivity contribution in [2.24, 2.45) is 0 Å². The molecule has 1 heterocycles. The Bertz CT molecular complexity index is 74.9. The molecular weight excluding hydrogens is 120 g/mol. The lowest BCUT2D eigenvalue weighted by atomic mass is 10.2. The summed E-state index contributed by atoms with van der Waals surface area (Å²) in [6, 6.07) is 0. The third kappa shape index (κ3) is 1.39. The van der Waals surface area contributed by atoms with E-state index in [-0.39, 0.29) is 0 Å². The van der Waals surface area contributed by atoms with Gasteiger partial charge in [0.05, 0.1) is 6.61 Å². The lowest BCUT2D eigenvalue weighted by Crippen LogP contribution is -2.01. The summed E-state index contributed by atoms with van der Waals surface area (Å²) < 4.78 is 0. The van der Waals surface area contributed by atoms with E-state index in [0.717, 1.165) is 5.25 Å².